The molecule has 0 radical (unpaired) electrons. The van der Waals surface area contributed by atoms with Gasteiger partial charge in [0.05, 0.1) is 25.3 Å². The van der Waals surface area contributed by atoms with Gasteiger partial charge in [-0.15, -0.1) is 5.10 Å². The van der Waals surface area contributed by atoms with Gasteiger partial charge in [0.1, 0.15) is 6.17 Å². The average Bonchev–Trinajstić information content (AvgIpc) is 3.39. The second kappa shape index (κ2) is 9.03. The van der Waals surface area contributed by atoms with Gasteiger partial charge in [0, 0.05) is 30.4 Å². The molecule has 2 amide bonds. The van der Waals surface area contributed by atoms with Crippen molar-refractivity contribution in [2.75, 3.05) is 6.54 Å². The van der Waals surface area contributed by atoms with Crippen LogP contribution in [0.4, 0.5) is 4.39 Å². The number of benzene rings is 1. The number of carbonyl (C=O) groups is 2. The Morgan fingerprint density at radius 3 is 2.81 bits per heavy atom. The lowest BCUT2D eigenvalue weighted by Gasteiger charge is -2.24. The first-order valence-electron chi connectivity index (χ1n) is 10.1. The third-order valence-corrected chi connectivity index (χ3v) is 5.23. The molecule has 4 rings (SSSR count). The van der Waals surface area contributed by atoms with E-state index in [1.165, 1.54) is 15.8 Å². The van der Waals surface area contributed by atoms with Crippen LogP contribution in [0.3, 0.4) is 0 Å². The summed E-state index contributed by atoms with van der Waals surface area (Å²) < 4.78 is 15.6. The molecule has 9 heteroatoms. The topological polar surface area (TPSA) is 93.0 Å². The lowest BCUT2D eigenvalue weighted by Crippen LogP contribution is -2.38. The molecular weight excluding hydrogens is 399 g/mol. The lowest BCUT2D eigenvalue weighted by atomic mass is 10.1. The summed E-state index contributed by atoms with van der Waals surface area (Å²) in [5.74, 6) is -0.582. The van der Waals surface area contributed by atoms with Crippen molar-refractivity contribution in [3.05, 3.63) is 77.4 Å². The molecule has 1 fully saturated rings. The third-order valence-electron chi connectivity index (χ3n) is 5.23. The van der Waals surface area contributed by atoms with Crippen molar-refractivity contribution < 1.29 is 14.0 Å². The van der Waals surface area contributed by atoms with E-state index in [-0.39, 0.29) is 43.1 Å². The number of aryl methyl sites for hydroxylation is 1. The molecule has 1 aliphatic heterocycles. The van der Waals surface area contributed by atoms with E-state index >= 15 is 0 Å². The van der Waals surface area contributed by atoms with E-state index in [9.17, 15) is 14.0 Å². The highest BCUT2D eigenvalue weighted by Gasteiger charge is 2.36. The maximum atomic E-state index is 14.2. The molecule has 1 aliphatic rings. The van der Waals surface area contributed by atoms with Gasteiger partial charge in [-0.1, -0.05) is 35.5 Å². The number of halogens is 1. The van der Waals surface area contributed by atoms with Crippen LogP contribution in [0.5, 0.6) is 0 Å². The highest BCUT2D eigenvalue weighted by Crippen LogP contribution is 2.24. The second-order valence-corrected chi connectivity index (χ2v) is 7.62. The number of aromatic nitrogens is 4. The average molecular weight is 422 g/mol. The maximum Gasteiger partial charge on any atom is 0.273 e. The predicted molar refractivity (Wildman–Crippen MR) is 111 cm³/mol. The van der Waals surface area contributed by atoms with Crippen LogP contribution in [0.15, 0.2) is 54.9 Å². The van der Waals surface area contributed by atoms with E-state index in [0.717, 1.165) is 11.3 Å². The summed E-state index contributed by atoms with van der Waals surface area (Å²) in [6, 6.07) is 12.5. The van der Waals surface area contributed by atoms with Crippen molar-refractivity contribution in [1.29, 1.82) is 0 Å². The molecule has 0 aliphatic carbocycles. The van der Waals surface area contributed by atoms with Gasteiger partial charge >= 0.3 is 0 Å². The van der Waals surface area contributed by atoms with Crippen LogP contribution in [0.2, 0.25) is 0 Å². The summed E-state index contributed by atoms with van der Waals surface area (Å²) in [5, 5.41) is 10.7. The van der Waals surface area contributed by atoms with Crippen LogP contribution in [0, 0.1) is 6.92 Å². The van der Waals surface area contributed by atoms with Crippen LogP contribution < -0.4 is 5.32 Å². The molecule has 160 valence electrons. The fourth-order valence-electron chi connectivity index (χ4n) is 3.70. The fourth-order valence-corrected chi connectivity index (χ4v) is 3.70. The quantitative estimate of drug-likeness (QED) is 0.657. The SMILES string of the molecule is Cc1cc(C(=O)N2CC(F)CC2Cn2cc(C(=O)NCc3ccccc3)nn2)ccn1. The lowest BCUT2D eigenvalue weighted by molar-refractivity contribution is 0.0714. The van der Waals surface area contributed by atoms with Crippen LogP contribution in [-0.4, -0.2) is 55.5 Å². The number of nitrogens with zero attached hydrogens (tertiary/aromatic N) is 5. The molecule has 3 heterocycles. The number of alkyl halides is 1. The summed E-state index contributed by atoms with van der Waals surface area (Å²) in [6.45, 7) is 2.47. The van der Waals surface area contributed by atoms with E-state index < -0.39 is 6.17 Å². The minimum atomic E-state index is -1.10. The van der Waals surface area contributed by atoms with Gasteiger partial charge in [0.2, 0.25) is 0 Å². The number of amides is 2. The van der Waals surface area contributed by atoms with E-state index in [1.807, 2.05) is 30.3 Å². The molecule has 0 bridgehead atoms. The van der Waals surface area contributed by atoms with Gasteiger partial charge in [0.15, 0.2) is 5.69 Å². The van der Waals surface area contributed by atoms with Gasteiger partial charge in [-0.25, -0.2) is 9.07 Å². The Kier molecular flexibility index (Phi) is 6.01. The van der Waals surface area contributed by atoms with Gasteiger partial charge in [-0.3, -0.25) is 14.6 Å². The standard InChI is InChI=1S/C22H23FN6O2/c1-15-9-17(7-8-24-15)22(31)29-12-18(23)10-19(29)13-28-14-20(26-27-28)21(30)25-11-16-5-3-2-4-6-16/h2-9,14,18-19H,10-13H2,1H3,(H,25,30). The van der Waals surface area contributed by atoms with E-state index in [4.69, 9.17) is 0 Å². The number of hydrogen-bond donors (Lipinski definition) is 1. The van der Waals surface area contributed by atoms with Crippen LogP contribution in [0.25, 0.3) is 0 Å². The minimum absolute atomic E-state index is 0.0317. The first-order chi connectivity index (χ1) is 15.0. The Hall–Kier alpha value is -3.62. The molecule has 3 aromatic rings. The summed E-state index contributed by atoms with van der Waals surface area (Å²) in [4.78, 5) is 30.9. The molecule has 1 N–H and O–H groups in total. The highest BCUT2D eigenvalue weighted by atomic mass is 19.1. The molecule has 1 saturated heterocycles. The third kappa shape index (κ3) is 4.93. The molecular formula is C22H23FN6O2. The van der Waals surface area contributed by atoms with E-state index in [0.29, 0.717) is 12.1 Å². The number of pyridine rings is 1. The first-order valence-corrected chi connectivity index (χ1v) is 10.1. The van der Waals surface area contributed by atoms with Crippen molar-refractivity contribution in [3.63, 3.8) is 0 Å². The van der Waals surface area contributed by atoms with E-state index in [2.05, 4.69) is 20.6 Å². The normalized spacial score (nSPS) is 18.2. The van der Waals surface area contributed by atoms with Crippen LogP contribution in [0.1, 0.15) is 38.5 Å². The largest absolute Gasteiger partial charge is 0.347 e. The summed E-state index contributed by atoms with van der Waals surface area (Å²) >= 11 is 0. The summed E-state index contributed by atoms with van der Waals surface area (Å²) in [5.41, 5.74) is 2.35. The molecule has 31 heavy (non-hydrogen) atoms. The van der Waals surface area contributed by atoms with Gasteiger partial charge in [-0.05, 0) is 24.6 Å². The Morgan fingerprint density at radius 1 is 1.23 bits per heavy atom. The Balaban J connectivity index is 1.40. The van der Waals surface area contributed by atoms with Crippen molar-refractivity contribution >= 4 is 11.8 Å². The van der Waals surface area contributed by atoms with Gasteiger partial charge in [0.25, 0.3) is 11.8 Å². The van der Waals surface area contributed by atoms with E-state index in [1.54, 1.807) is 25.3 Å². The predicted octanol–water partition coefficient (Wildman–Crippen LogP) is 2.16. The summed E-state index contributed by atoms with van der Waals surface area (Å²) in [7, 11) is 0. The molecule has 1 aromatic carbocycles. The second-order valence-electron chi connectivity index (χ2n) is 7.62. The minimum Gasteiger partial charge on any atom is -0.347 e. The number of likely N-dealkylation sites (tertiary alicyclic amines) is 1. The van der Waals surface area contributed by atoms with Crippen LogP contribution >= 0.6 is 0 Å². The number of nitrogens with one attached hydrogen (secondary N) is 1. The van der Waals surface area contributed by atoms with Gasteiger partial charge in [-0.2, -0.15) is 0 Å². The van der Waals surface area contributed by atoms with Gasteiger partial charge < -0.3 is 10.2 Å². The zero-order chi connectivity index (χ0) is 21.8. The zero-order valence-corrected chi connectivity index (χ0v) is 17.1. The Bertz CT molecular complexity index is 1070. The highest BCUT2D eigenvalue weighted by molar-refractivity contribution is 5.94. The Labute approximate surface area is 179 Å². The molecule has 0 spiro atoms. The number of rotatable bonds is 6. The Morgan fingerprint density at radius 2 is 2.03 bits per heavy atom. The smallest absolute Gasteiger partial charge is 0.273 e. The van der Waals surface area contributed by atoms with Crippen molar-refractivity contribution in [3.8, 4) is 0 Å². The maximum absolute atomic E-state index is 14.2. The molecule has 2 atom stereocenters. The van der Waals surface area contributed by atoms with Crippen LogP contribution in [-0.2, 0) is 13.1 Å². The molecule has 2 aromatic heterocycles. The molecule has 2 unspecified atom stereocenters. The summed E-state index contributed by atoms with van der Waals surface area (Å²) in [6.07, 6.45) is 2.20. The molecule has 0 saturated carbocycles. The monoisotopic (exact) mass is 422 g/mol. The first kappa shape index (κ1) is 20.6. The van der Waals surface area contributed by atoms with Crippen molar-refractivity contribution in [2.45, 2.75) is 38.6 Å². The zero-order valence-electron chi connectivity index (χ0n) is 17.1. The number of carbonyl (C=O) groups excluding carboxylic acids is 2. The molecule has 8 nitrogen and oxygen atoms in total. The van der Waals surface area contributed by atoms with Crippen molar-refractivity contribution in [1.82, 2.24) is 30.2 Å². The fraction of sp³-hybridized carbons (Fsp3) is 0.318. The van der Waals surface area contributed by atoms with Crippen molar-refractivity contribution in [2.24, 2.45) is 0 Å². The number of hydrogen-bond acceptors (Lipinski definition) is 5.